The van der Waals surface area contributed by atoms with E-state index in [4.69, 9.17) is 0 Å². The summed E-state index contributed by atoms with van der Waals surface area (Å²) in [6, 6.07) is 10.4. The van der Waals surface area contributed by atoms with Gasteiger partial charge in [-0.3, -0.25) is 4.79 Å². The summed E-state index contributed by atoms with van der Waals surface area (Å²) in [6.07, 6.45) is 1.58. The van der Waals surface area contributed by atoms with Crippen molar-refractivity contribution in [2.24, 2.45) is 5.41 Å². The molecule has 1 N–H and O–H groups in total. The molecule has 0 aliphatic rings. The van der Waals surface area contributed by atoms with Crippen molar-refractivity contribution in [3.63, 3.8) is 0 Å². The van der Waals surface area contributed by atoms with Gasteiger partial charge < -0.3 is 10.2 Å². The molecule has 0 spiro atoms. The highest BCUT2D eigenvalue weighted by Crippen LogP contribution is 2.17. The first-order chi connectivity index (χ1) is 9.37. The van der Waals surface area contributed by atoms with Crippen molar-refractivity contribution in [2.75, 3.05) is 20.1 Å². The van der Waals surface area contributed by atoms with Crippen molar-refractivity contribution >= 4 is 5.91 Å². The molecular weight excluding hydrogens is 248 g/mol. The zero-order valence-electron chi connectivity index (χ0n) is 13.3. The molecule has 1 amide bonds. The van der Waals surface area contributed by atoms with Gasteiger partial charge in [0.1, 0.15) is 0 Å². The first kappa shape index (κ1) is 16.7. The van der Waals surface area contributed by atoms with Gasteiger partial charge in [-0.1, -0.05) is 51.1 Å². The van der Waals surface area contributed by atoms with E-state index in [1.165, 1.54) is 5.56 Å². The van der Waals surface area contributed by atoms with E-state index in [-0.39, 0.29) is 11.3 Å². The number of nitrogens with zero attached hydrogens (tertiary/aromatic N) is 1. The minimum Gasteiger partial charge on any atom is -0.356 e. The maximum absolute atomic E-state index is 11.7. The molecule has 1 aromatic carbocycles. The summed E-state index contributed by atoms with van der Waals surface area (Å²) in [6.45, 7) is 8.95. The molecular formula is C17H28N2O. The first-order valence-corrected chi connectivity index (χ1v) is 7.36. The van der Waals surface area contributed by atoms with Crippen molar-refractivity contribution in [1.29, 1.82) is 0 Å². The molecule has 3 nitrogen and oxygen atoms in total. The molecule has 112 valence electrons. The van der Waals surface area contributed by atoms with Gasteiger partial charge in [0, 0.05) is 19.5 Å². The van der Waals surface area contributed by atoms with Gasteiger partial charge in [-0.15, -0.1) is 0 Å². The topological polar surface area (TPSA) is 32.3 Å². The van der Waals surface area contributed by atoms with Crippen LogP contribution in [-0.4, -0.2) is 30.9 Å². The number of carbonyl (C=O) groups excluding carboxylic acids is 1. The highest BCUT2D eigenvalue weighted by molar-refractivity contribution is 5.76. The molecule has 3 heteroatoms. The normalized spacial score (nSPS) is 11.7. The summed E-state index contributed by atoms with van der Waals surface area (Å²) >= 11 is 0. The van der Waals surface area contributed by atoms with Gasteiger partial charge in [-0.05, 0) is 31.0 Å². The fourth-order valence-corrected chi connectivity index (χ4v) is 2.10. The van der Waals surface area contributed by atoms with Crippen LogP contribution in [0.1, 0.15) is 39.2 Å². The average molecular weight is 276 g/mol. The summed E-state index contributed by atoms with van der Waals surface area (Å²) in [7, 11) is 2.12. The number of amides is 1. The number of nitrogens with one attached hydrogen (secondary N) is 1. The van der Waals surface area contributed by atoms with Crippen LogP contribution in [0.4, 0.5) is 0 Å². The molecule has 0 saturated heterocycles. The lowest BCUT2D eigenvalue weighted by Crippen LogP contribution is -2.30. The van der Waals surface area contributed by atoms with Crippen LogP contribution in [0.3, 0.4) is 0 Å². The summed E-state index contributed by atoms with van der Waals surface area (Å²) < 4.78 is 0. The van der Waals surface area contributed by atoms with Crippen LogP contribution in [0.15, 0.2) is 30.3 Å². The molecule has 1 aromatic rings. The highest BCUT2D eigenvalue weighted by Gasteiger charge is 2.15. The van der Waals surface area contributed by atoms with E-state index in [1.807, 2.05) is 6.07 Å². The summed E-state index contributed by atoms with van der Waals surface area (Å²) in [4.78, 5) is 14.0. The van der Waals surface area contributed by atoms with E-state index < -0.39 is 0 Å². The Hall–Kier alpha value is -1.35. The monoisotopic (exact) mass is 276 g/mol. The summed E-state index contributed by atoms with van der Waals surface area (Å²) in [5.74, 6) is 0.156. The van der Waals surface area contributed by atoms with Crippen molar-refractivity contribution in [1.82, 2.24) is 10.2 Å². The number of hydrogen-bond donors (Lipinski definition) is 1. The lowest BCUT2D eigenvalue weighted by atomic mass is 9.92. The fourth-order valence-electron chi connectivity index (χ4n) is 2.10. The Balaban J connectivity index is 2.13. The Kier molecular flexibility index (Phi) is 6.73. The lowest BCUT2D eigenvalue weighted by Gasteiger charge is -2.19. The van der Waals surface area contributed by atoms with Crippen molar-refractivity contribution in [3.8, 4) is 0 Å². The number of hydrogen-bond acceptors (Lipinski definition) is 2. The summed E-state index contributed by atoms with van der Waals surface area (Å²) in [5.41, 5.74) is 1.39. The zero-order chi connectivity index (χ0) is 15.0. The zero-order valence-corrected chi connectivity index (χ0v) is 13.3. The lowest BCUT2D eigenvalue weighted by molar-refractivity contribution is -0.122. The van der Waals surface area contributed by atoms with Crippen LogP contribution in [0.5, 0.6) is 0 Å². The molecule has 0 aromatic heterocycles. The van der Waals surface area contributed by atoms with Crippen LogP contribution >= 0.6 is 0 Å². The van der Waals surface area contributed by atoms with Crippen molar-refractivity contribution in [3.05, 3.63) is 35.9 Å². The second-order valence-corrected chi connectivity index (χ2v) is 6.66. The SMILES string of the molecule is CN(CCCNC(=O)CC(C)(C)C)Cc1ccccc1. The Morgan fingerprint density at radius 1 is 1.20 bits per heavy atom. The van der Waals surface area contributed by atoms with Gasteiger partial charge in [0.05, 0.1) is 0 Å². The van der Waals surface area contributed by atoms with Gasteiger partial charge in [-0.2, -0.15) is 0 Å². The standard InChI is InChI=1S/C17H28N2O/c1-17(2,3)13-16(20)18-11-8-12-19(4)14-15-9-6-5-7-10-15/h5-7,9-10H,8,11-14H2,1-4H3,(H,18,20). The third kappa shape index (κ3) is 7.95. The Morgan fingerprint density at radius 3 is 2.45 bits per heavy atom. The van der Waals surface area contributed by atoms with Gasteiger partial charge in [0.15, 0.2) is 0 Å². The Bertz CT molecular complexity index is 395. The van der Waals surface area contributed by atoms with E-state index >= 15 is 0 Å². The average Bonchev–Trinajstić information content (AvgIpc) is 2.34. The minimum absolute atomic E-state index is 0.0637. The maximum atomic E-state index is 11.7. The molecule has 0 aliphatic heterocycles. The van der Waals surface area contributed by atoms with Gasteiger partial charge in [0.25, 0.3) is 0 Å². The quantitative estimate of drug-likeness (QED) is 0.776. The van der Waals surface area contributed by atoms with Crippen LogP contribution in [-0.2, 0) is 11.3 Å². The Labute approximate surface area is 123 Å². The molecule has 0 fully saturated rings. The molecule has 20 heavy (non-hydrogen) atoms. The van der Waals surface area contributed by atoms with Gasteiger partial charge in [0.2, 0.25) is 5.91 Å². The first-order valence-electron chi connectivity index (χ1n) is 7.36. The molecule has 0 bridgehead atoms. The molecule has 0 heterocycles. The van der Waals surface area contributed by atoms with Gasteiger partial charge in [-0.25, -0.2) is 0 Å². The largest absolute Gasteiger partial charge is 0.356 e. The molecule has 0 radical (unpaired) electrons. The molecule has 0 unspecified atom stereocenters. The minimum atomic E-state index is 0.0637. The number of benzene rings is 1. The molecule has 0 saturated carbocycles. The predicted molar refractivity (Wildman–Crippen MR) is 84.5 cm³/mol. The smallest absolute Gasteiger partial charge is 0.220 e. The third-order valence-corrected chi connectivity index (χ3v) is 3.02. The van der Waals surface area contributed by atoms with Crippen molar-refractivity contribution in [2.45, 2.75) is 40.2 Å². The third-order valence-electron chi connectivity index (χ3n) is 3.02. The van der Waals surface area contributed by atoms with Gasteiger partial charge >= 0.3 is 0 Å². The second kappa shape index (κ2) is 8.05. The predicted octanol–water partition coefficient (Wildman–Crippen LogP) is 3.06. The van der Waals surface area contributed by atoms with Crippen LogP contribution in [0.25, 0.3) is 0 Å². The van der Waals surface area contributed by atoms with Crippen molar-refractivity contribution < 1.29 is 4.79 Å². The highest BCUT2D eigenvalue weighted by atomic mass is 16.1. The fraction of sp³-hybridized carbons (Fsp3) is 0.588. The van der Waals surface area contributed by atoms with E-state index in [9.17, 15) is 4.79 Å². The second-order valence-electron chi connectivity index (χ2n) is 6.66. The van der Waals surface area contributed by atoms with Crippen LogP contribution in [0.2, 0.25) is 0 Å². The van der Waals surface area contributed by atoms with E-state index in [0.29, 0.717) is 6.42 Å². The Morgan fingerprint density at radius 2 is 1.85 bits per heavy atom. The number of rotatable bonds is 7. The van der Waals surface area contributed by atoms with Crippen LogP contribution < -0.4 is 5.32 Å². The molecule has 0 aliphatic carbocycles. The number of carbonyl (C=O) groups is 1. The molecule has 1 rings (SSSR count). The maximum Gasteiger partial charge on any atom is 0.220 e. The summed E-state index contributed by atoms with van der Waals surface area (Å²) in [5, 5.41) is 2.99. The van der Waals surface area contributed by atoms with E-state index in [2.05, 4.69) is 62.3 Å². The molecule has 0 atom stereocenters. The van der Waals surface area contributed by atoms with E-state index in [0.717, 1.165) is 26.1 Å². The van der Waals surface area contributed by atoms with E-state index in [1.54, 1.807) is 0 Å². The van der Waals surface area contributed by atoms with Crippen LogP contribution in [0, 0.1) is 5.41 Å².